The average molecular weight is 510 g/mol. The maximum atomic E-state index is 12.8. The molecule has 5 rings (SSSR count). The molecule has 1 heterocycles. The fraction of sp³-hybridized carbons (Fsp3) is 0.259. The molecule has 192 valence electrons. The Bertz CT molecular complexity index is 1460. The van der Waals surface area contributed by atoms with Gasteiger partial charge in [0.1, 0.15) is 17.6 Å². The first kappa shape index (κ1) is 24.5. The highest BCUT2D eigenvalue weighted by atomic mass is 19.4. The largest absolute Gasteiger partial charge is 0.506 e. The minimum atomic E-state index is -4.29. The molecular weight excluding hydrogens is 483 g/mol. The molecule has 1 amide bonds. The number of nitrogens with zero attached hydrogens (tertiary/aromatic N) is 2. The number of phenols is 1. The number of amides is 1. The van der Waals surface area contributed by atoms with Crippen molar-refractivity contribution in [2.45, 2.75) is 38.4 Å². The lowest BCUT2D eigenvalue weighted by atomic mass is 10.1. The van der Waals surface area contributed by atoms with Crippen LogP contribution in [0.2, 0.25) is 0 Å². The van der Waals surface area contributed by atoms with Gasteiger partial charge in [0.2, 0.25) is 0 Å². The number of anilines is 3. The zero-order valence-corrected chi connectivity index (χ0v) is 20.1. The third-order valence-corrected chi connectivity index (χ3v) is 6.20. The molecule has 0 bridgehead atoms. The summed E-state index contributed by atoms with van der Waals surface area (Å²) < 4.78 is 40.2. The van der Waals surface area contributed by atoms with Gasteiger partial charge < -0.3 is 21.1 Å². The van der Waals surface area contributed by atoms with Gasteiger partial charge in [0.15, 0.2) is 0 Å². The molecule has 0 radical (unpaired) electrons. The molecule has 4 N–H and O–H groups in total. The Kier molecular flexibility index (Phi) is 6.41. The number of benzene rings is 3. The second-order valence-electron chi connectivity index (χ2n) is 9.19. The van der Waals surface area contributed by atoms with E-state index in [1.807, 2.05) is 29.7 Å². The van der Waals surface area contributed by atoms with Crippen molar-refractivity contribution in [1.29, 1.82) is 0 Å². The lowest BCUT2D eigenvalue weighted by Gasteiger charge is -2.15. The van der Waals surface area contributed by atoms with E-state index in [1.165, 1.54) is 6.07 Å². The topological polar surface area (TPSA) is 91.2 Å². The van der Waals surface area contributed by atoms with Gasteiger partial charge in [-0.1, -0.05) is 12.1 Å². The summed E-state index contributed by atoms with van der Waals surface area (Å²) in [5, 5.41) is 19.2. The number of carbonyl (C=O) groups is 1. The van der Waals surface area contributed by atoms with Crippen LogP contribution in [0.5, 0.6) is 5.75 Å². The SMILES string of the molecule is Cc1cc(-n2cnc3c(NCCC(F)(F)F)cc(Nc4ccccc4O)cc32)ccc1C(=O)NC1CC1. The number of rotatable bonds is 8. The number of fused-ring (bicyclic) bond motifs is 1. The number of nitrogens with one attached hydrogen (secondary N) is 3. The van der Waals surface area contributed by atoms with E-state index in [2.05, 4.69) is 20.9 Å². The molecule has 1 saturated carbocycles. The number of aromatic nitrogens is 2. The molecule has 10 heteroatoms. The van der Waals surface area contributed by atoms with Crippen molar-refractivity contribution in [3.05, 3.63) is 72.1 Å². The van der Waals surface area contributed by atoms with E-state index in [0.717, 1.165) is 24.1 Å². The van der Waals surface area contributed by atoms with Gasteiger partial charge in [0.05, 0.1) is 23.3 Å². The Labute approximate surface area is 211 Å². The van der Waals surface area contributed by atoms with Gasteiger partial charge in [-0.25, -0.2) is 4.98 Å². The summed E-state index contributed by atoms with van der Waals surface area (Å²) in [6.45, 7) is 1.55. The highest BCUT2D eigenvalue weighted by Gasteiger charge is 2.27. The summed E-state index contributed by atoms with van der Waals surface area (Å²) in [6.07, 6.45) is -1.68. The van der Waals surface area contributed by atoms with Crippen molar-refractivity contribution in [3.63, 3.8) is 0 Å². The van der Waals surface area contributed by atoms with Crippen molar-refractivity contribution >= 4 is 34.0 Å². The number of para-hydroxylation sites is 2. The van der Waals surface area contributed by atoms with Crippen LogP contribution < -0.4 is 16.0 Å². The van der Waals surface area contributed by atoms with Crippen LogP contribution in [0.4, 0.5) is 30.2 Å². The first-order valence-electron chi connectivity index (χ1n) is 12.0. The second-order valence-corrected chi connectivity index (χ2v) is 9.19. The fourth-order valence-corrected chi connectivity index (χ4v) is 4.15. The number of imidazole rings is 1. The minimum Gasteiger partial charge on any atom is -0.506 e. The lowest BCUT2D eigenvalue weighted by molar-refractivity contribution is -0.131. The Morgan fingerprint density at radius 2 is 1.89 bits per heavy atom. The smallest absolute Gasteiger partial charge is 0.390 e. The summed E-state index contributed by atoms with van der Waals surface area (Å²) in [5.41, 5.74) is 4.72. The molecule has 7 nitrogen and oxygen atoms in total. The van der Waals surface area contributed by atoms with Gasteiger partial charge in [-0.05, 0) is 67.8 Å². The number of hydrogen-bond donors (Lipinski definition) is 4. The predicted octanol–water partition coefficient (Wildman–Crippen LogP) is 6.04. The number of halogens is 3. The van der Waals surface area contributed by atoms with E-state index in [4.69, 9.17) is 0 Å². The third kappa shape index (κ3) is 5.63. The number of carbonyl (C=O) groups excluding carboxylic acids is 1. The average Bonchev–Trinajstić information content (AvgIpc) is 3.54. The van der Waals surface area contributed by atoms with Gasteiger partial charge >= 0.3 is 6.18 Å². The number of hydrogen-bond acceptors (Lipinski definition) is 5. The lowest BCUT2D eigenvalue weighted by Crippen LogP contribution is -2.26. The van der Waals surface area contributed by atoms with Crippen LogP contribution in [0, 0.1) is 6.92 Å². The van der Waals surface area contributed by atoms with Crippen LogP contribution in [0.25, 0.3) is 16.7 Å². The maximum absolute atomic E-state index is 12.8. The van der Waals surface area contributed by atoms with Crippen molar-refractivity contribution < 1.29 is 23.1 Å². The minimum absolute atomic E-state index is 0.0402. The van der Waals surface area contributed by atoms with E-state index < -0.39 is 12.6 Å². The molecule has 0 atom stereocenters. The zero-order valence-electron chi connectivity index (χ0n) is 20.1. The summed E-state index contributed by atoms with van der Waals surface area (Å²) in [4.78, 5) is 17.0. The van der Waals surface area contributed by atoms with E-state index >= 15 is 0 Å². The Morgan fingerprint density at radius 1 is 1.11 bits per heavy atom. The molecule has 0 spiro atoms. The van der Waals surface area contributed by atoms with Gasteiger partial charge in [0, 0.05) is 29.5 Å². The van der Waals surface area contributed by atoms with Crippen LogP contribution in [0.1, 0.15) is 35.2 Å². The molecular formula is C27H26F3N5O2. The van der Waals surface area contributed by atoms with E-state index in [0.29, 0.717) is 33.7 Å². The van der Waals surface area contributed by atoms with E-state index in [1.54, 1.807) is 36.7 Å². The van der Waals surface area contributed by atoms with E-state index in [9.17, 15) is 23.1 Å². The number of alkyl halides is 3. The molecule has 0 saturated heterocycles. The Balaban J connectivity index is 1.52. The van der Waals surface area contributed by atoms with Gasteiger partial charge in [-0.3, -0.25) is 9.36 Å². The molecule has 1 fully saturated rings. The molecule has 37 heavy (non-hydrogen) atoms. The molecule has 0 aliphatic heterocycles. The number of aryl methyl sites for hydroxylation is 1. The summed E-state index contributed by atoms with van der Waals surface area (Å²) >= 11 is 0. The molecule has 4 aromatic rings. The molecule has 1 aliphatic rings. The summed E-state index contributed by atoms with van der Waals surface area (Å²) in [5.74, 6) is -0.0641. The highest BCUT2D eigenvalue weighted by molar-refractivity contribution is 5.97. The number of phenolic OH excluding ortho intramolecular Hbond substituents is 1. The van der Waals surface area contributed by atoms with Gasteiger partial charge in [-0.15, -0.1) is 0 Å². The van der Waals surface area contributed by atoms with Crippen LogP contribution >= 0.6 is 0 Å². The second kappa shape index (κ2) is 9.68. The summed E-state index contributed by atoms with van der Waals surface area (Å²) in [6, 6.07) is 15.9. The van der Waals surface area contributed by atoms with Crippen LogP contribution in [0.15, 0.2) is 60.9 Å². The number of aromatic hydroxyl groups is 1. The summed E-state index contributed by atoms with van der Waals surface area (Å²) in [7, 11) is 0. The first-order chi connectivity index (χ1) is 17.7. The normalized spacial score (nSPS) is 13.5. The quantitative estimate of drug-likeness (QED) is 0.218. The molecule has 1 aromatic heterocycles. The Morgan fingerprint density at radius 3 is 2.59 bits per heavy atom. The first-order valence-corrected chi connectivity index (χ1v) is 12.0. The predicted molar refractivity (Wildman–Crippen MR) is 137 cm³/mol. The maximum Gasteiger partial charge on any atom is 0.390 e. The Hall–Kier alpha value is -4.21. The van der Waals surface area contributed by atoms with Crippen LogP contribution in [0.3, 0.4) is 0 Å². The fourth-order valence-electron chi connectivity index (χ4n) is 4.15. The molecule has 3 aromatic carbocycles. The van der Waals surface area contributed by atoms with E-state index in [-0.39, 0.29) is 24.2 Å². The van der Waals surface area contributed by atoms with Crippen molar-refractivity contribution in [1.82, 2.24) is 14.9 Å². The molecule has 1 aliphatic carbocycles. The molecule has 0 unspecified atom stereocenters. The zero-order chi connectivity index (χ0) is 26.2. The monoisotopic (exact) mass is 509 g/mol. The van der Waals surface area contributed by atoms with Gasteiger partial charge in [0.25, 0.3) is 5.91 Å². The van der Waals surface area contributed by atoms with Crippen molar-refractivity contribution in [2.75, 3.05) is 17.2 Å². The van der Waals surface area contributed by atoms with Crippen LogP contribution in [-0.4, -0.2) is 39.3 Å². The standard InChI is InChI=1S/C27H26F3N5O2/c1-16-12-19(8-9-20(16)26(37)34-17-6-7-17)35-15-32-25-22(31-11-10-27(28,29)30)13-18(14-23(25)35)33-21-4-2-3-5-24(21)36/h2-5,8-9,12-15,17,31,33,36H,6-7,10-11H2,1H3,(H,34,37). The van der Waals surface area contributed by atoms with Gasteiger partial charge in [-0.2, -0.15) is 13.2 Å². The van der Waals surface area contributed by atoms with Crippen molar-refractivity contribution in [3.8, 4) is 11.4 Å². The highest BCUT2D eigenvalue weighted by Crippen LogP contribution is 2.33. The van der Waals surface area contributed by atoms with Crippen LogP contribution in [-0.2, 0) is 0 Å². The third-order valence-electron chi connectivity index (χ3n) is 6.20. The van der Waals surface area contributed by atoms with Crippen molar-refractivity contribution in [2.24, 2.45) is 0 Å².